The number of nitrogens with zero attached hydrogens (tertiary/aromatic N) is 1. The van der Waals surface area contributed by atoms with E-state index in [1.165, 1.54) is 109 Å². The second-order valence-corrected chi connectivity index (χ2v) is 14.0. The van der Waals surface area contributed by atoms with Crippen molar-refractivity contribution in [2.75, 3.05) is 26.2 Å². The van der Waals surface area contributed by atoms with Crippen LogP contribution < -0.4 is 5.11 Å². The maximum Gasteiger partial charge on any atom is 0.306 e. The summed E-state index contributed by atoms with van der Waals surface area (Å²) in [4.78, 5) is 34.4. The Kier molecular flexibility index (Phi) is 27.2. The van der Waals surface area contributed by atoms with Gasteiger partial charge in [-0.15, -0.1) is 0 Å². The van der Waals surface area contributed by atoms with Crippen LogP contribution in [0.25, 0.3) is 0 Å². The second-order valence-electron chi connectivity index (χ2n) is 14.0. The van der Waals surface area contributed by atoms with Crippen molar-refractivity contribution in [3.05, 3.63) is 12.2 Å². The molecule has 0 bridgehead atoms. The Hall–Kier alpha value is -1.89. The number of rotatable bonds is 33. The number of carboxylic acids is 3. The molecule has 0 aromatic rings. The van der Waals surface area contributed by atoms with Crippen molar-refractivity contribution in [3.63, 3.8) is 0 Å². The molecule has 0 rings (SSSR count). The molecule has 0 aliphatic heterocycles. The first kappa shape index (κ1) is 43.1. The first-order chi connectivity index (χ1) is 21.5. The average Bonchev–Trinajstić information content (AvgIpc) is 3.01. The van der Waals surface area contributed by atoms with E-state index in [1.807, 2.05) is 0 Å². The molecule has 2 N–H and O–H groups in total. The molecule has 0 fully saturated rings. The van der Waals surface area contributed by atoms with E-state index in [2.05, 4.69) is 19.1 Å². The lowest BCUT2D eigenvalue weighted by Crippen LogP contribution is -2.52. The zero-order chi connectivity index (χ0) is 33.8. The highest BCUT2D eigenvalue weighted by atomic mass is 16.4. The van der Waals surface area contributed by atoms with Gasteiger partial charge >= 0.3 is 11.9 Å². The molecule has 3 atom stereocenters. The Balaban J connectivity index is 4.40. The molecule has 264 valence electrons. The van der Waals surface area contributed by atoms with Gasteiger partial charge in [-0.3, -0.25) is 9.59 Å². The SMILES string of the molecule is CCCCCCCCCCCCCCCCCCC/C=C/CC[N+](CCC(C)C(=O)[O-])(CCC(C)C(=O)O)CCC(C)C(=O)O. The van der Waals surface area contributed by atoms with E-state index < -0.39 is 35.7 Å². The number of hydrogen-bond acceptors (Lipinski definition) is 4. The van der Waals surface area contributed by atoms with Gasteiger partial charge in [0.2, 0.25) is 0 Å². The van der Waals surface area contributed by atoms with Gasteiger partial charge in [-0.05, 0) is 12.8 Å². The fraction of sp³-hybridized carbons (Fsp3) is 0.868. The summed E-state index contributed by atoms with van der Waals surface area (Å²) in [5, 5.41) is 30.3. The minimum Gasteiger partial charge on any atom is -0.550 e. The molecule has 7 heteroatoms. The highest BCUT2D eigenvalue weighted by Crippen LogP contribution is 2.21. The van der Waals surface area contributed by atoms with Gasteiger partial charge in [0, 0.05) is 37.6 Å². The lowest BCUT2D eigenvalue weighted by molar-refractivity contribution is -0.929. The Labute approximate surface area is 276 Å². The fourth-order valence-electron chi connectivity index (χ4n) is 6.01. The third kappa shape index (κ3) is 24.9. The van der Waals surface area contributed by atoms with Crippen LogP contribution in [-0.2, 0) is 14.4 Å². The molecule has 0 saturated carbocycles. The van der Waals surface area contributed by atoms with Gasteiger partial charge < -0.3 is 24.6 Å². The highest BCUT2D eigenvalue weighted by Gasteiger charge is 2.30. The Morgan fingerprint density at radius 2 is 0.867 bits per heavy atom. The second kappa shape index (κ2) is 28.3. The molecule has 0 amide bonds. The summed E-state index contributed by atoms with van der Waals surface area (Å²) in [5.74, 6) is -4.39. The first-order valence-corrected chi connectivity index (χ1v) is 18.7. The van der Waals surface area contributed by atoms with Gasteiger partial charge in [-0.1, -0.05) is 143 Å². The maximum absolute atomic E-state index is 11.5. The average molecular weight is 638 g/mol. The fourth-order valence-corrected chi connectivity index (χ4v) is 6.01. The number of unbranched alkanes of at least 4 members (excludes halogenated alkanes) is 17. The minimum atomic E-state index is -1.08. The quantitative estimate of drug-likeness (QED) is 0.0422. The predicted molar refractivity (Wildman–Crippen MR) is 184 cm³/mol. The van der Waals surface area contributed by atoms with Crippen molar-refractivity contribution < 1.29 is 34.2 Å². The maximum atomic E-state index is 11.5. The molecule has 7 nitrogen and oxygen atoms in total. The van der Waals surface area contributed by atoms with Crippen molar-refractivity contribution in [1.29, 1.82) is 0 Å². The first-order valence-electron chi connectivity index (χ1n) is 18.7. The van der Waals surface area contributed by atoms with E-state index in [0.717, 1.165) is 19.4 Å². The normalized spacial score (nSPS) is 15.1. The van der Waals surface area contributed by atoms with E-state index in [1.54, 1.807) is 20.8 Å². The van der Waals surface area contributed by atoms with Crippen molar-refractivity contribution in [2.45, 2.75) is 169 Å². The largest absolute Gasteiger partial charge is 0.550 e. The summed E-state index contributed by atoms with van der Waals surface area (Å²) < 4.78 is 0.538. The predicted octanol–water partition coefficient (Wildman–Crippen LogP) is 8.79. The van der Waals surface area contributed by atoms with Gasteiger partial charge in [0.05, 0.1) is 38.0 Å². The summed E-state index contributed by atoms with van der Waals surface area (Å²) in [7, 11) is 0. The van der Waals surface area contributed by atoms with Gasteiger partial charge in [-0.2, -0.15) is 0 Å². The molecule has 0 aromatic carbocycles. The summed E-state index contributed by atoms with van der Waals surface area (Å²) in [6.45, 7) is 9.80. The van der Waals surface area contributed by atoms with Crippen molar-refractivity contribution in [3.8, 4) is 0 Å². The van der Waals surface area contributed by atoms with Crippen LogP contribution in [0.2, 0.25) is 0 Å². The van der Waals surface area contributed by atoms with Crippen LogP contribution in [-0.4, -0.2) is 58.8 Å². The van der Waals surface area contributed by atoms with Crippen molar-refractivity contribution in [2.24, 2.45) is 17.8 Å². The van der Waals surface area contributed by atoms with Crippen LogP contribution >= 0.6 is 0 Å². The Morgan fingerprint density at radius 3 is 1.22 bits per heavy atom. The Morgan fingerprint density at radius 1 is 0.533 bits per heavy atom. The highest BCUT2D eigenvalue weighted by molar-refractivity contribution is 5.69. The van der Waals surface area contributed by atoms with Gasteiger partial charge in [0.1, 0.15) is 0 Å². The van der Waals surface area contributed by atoms with Gasteiger partial charge in [0.15, 0.2) is 0 Å². The molecule has 0 radical (unpaired) electrons. The Bertz CT molecular complexity index is 722. The molecule has 0 saturated heterocycles. The van der Waals surface area contributed by atoms with Crippen molar-refractivity contribution in [1.82, 2.24) is 0 Å². The molecular formula is C38H71NO6. The molecule has 45 heavy (non-hydrogen) atoms. The molecule has 0 aliphatic rings. The number of carbonyl (C=O) groups is 3. The molecule has 0 aliphatic carbocycles. The van der Waals surface area contributed by atoms with Crippen LogP contribution in [0.5, 0.6) is 0 Å². The van der Waals surface area contributed by atoms with Crippen LogP contribution in [0.1, 0.15) is 169 Å². The minimum absolute atomic E-state index is 0.425. The van der Waals surface area contributed by atoms with Crippen molar-refractivity contribution >= 4 is 17.9 Å². The lowest BCUT2D eigenvalue weighted by Gasteiger charge is -2.40. The van der Waals surface area contributed by atoms with Crippen LogP contribution in [0, 0.1) is 17.8 Å². The zero-order valence-corrected chi connectivity index (χ0v) is 29.7. The van der Waals surface area contributed by atoms with Gasteiger partial charge in [-0.25, -0.2) is 0 Å². The van der Waals surface area contributed by atoms with Gasteiger partial charge in [0.25, 0.3) is 0 Å². The molecule has 3 unspecified atom stereocenters. The molecule has 0 aromatic heterocycles. The van der Waals surface area contributed by atoms with E-state index >= 15 is 0 Å². The molecular weight excluding hydrogens is 566 g/mol. The zero-order valence-electron chi connectivity index (χ0n) is 29.7. The summed E-state index contributed by atoms with van der Waals surface area (Å²) >= 11 is 0. The number of allylic oxidation sites excluding steroid dienone is 1. The smallest absolute Gasteiger partial charge is 0.306 e. The van der Waals surface area contributed by atoms with E-state index in [0.29, 0.717) is 43.4 Å². The van der Waals surface area contributed by atoms with Crippen LogP contribution in [0.15, 0.2) is 12.2 Å². The molecule has 0 heterocycles. The number of quaternary nitrogens is 1. The third-order valence-electron chi connectivity index (χ3n) is 9.77. The topological polar surface area (TPSA) is 115 Å². The van der Waals surface area contributed by atoms with E-state index in [9.17, 15) is 29.7 Å². The molecule has 0 spiro atoms. The number of carboxylic acid groups (broad SMARTS) is 3. The summed E-state index contributed by atoms with van der Waals surface area (Å²) in [6, 6.07) is 0. The number of carbonyl (C=O) groups excluding carboxylic acids is 1. The van der Waals surface area contributed by atoms with E-state index in [4.69, 9.17) is 0 Å². The summed E-state index contributed by atoms with van der Waals surface area (Å²) in [5.41, 5.74) is 0. The van der Waals surface area contributed by atoms with Crippen LogP contribution in [0.4, 0.5) is 0 Å². The number of aliphatic carboxylic acids is 3. The number of hydrogen-bond donors (Lipinski definition) is 2. The lowest BCUT2D eigenvalue weighted by atomic mass is 10.0. The van der Waals surface area contributed by atoms with Crippen LogP contribution in [0.3, 0.4) is 0 Å². The standard InChI is InChI=1S/C38H71NO6/c1-5-6-7-8-9-10-11-12-13-14-15-16-17-18-19-20-21-22-23-24-25-29-39(30-26-33(2)36(40)41,31-27-34(3)37(42)43)32-28-35(4)38(44)45/h23-24,33-35H,5-22,25-32H2,1-4H3,(H2-,40,41,42,43,44,45)/b24-23+. The summed E-state index contributed by atoms with van der Waals surface area (Å²) in [6.07, 6.45) is 30.9. The monoisotopic (exact) mass is 638 g/mol. The third-order valence-corrected chi connectivity index (χ3v) is 9.77. The van der Waals surface area contributed by atoms with E-state index in [-0.39, 0.29) is 0 Å².